The second-order valence-electron chi connectivity index (χ2n) is 3.98. The average Bonchev–Trinajstić information content (AvgIpc) is 2.93. The van der Waals surface area contributed by atoms with Crippen LogP contribution in [0.4, 0.5) is 0 Å². The Morgan fingerprint density at radius 1 is 1.00 bits per heavy atom. The molecule has 1 saturated heterocycles. The molecule has 0 spiro atoms. The minimum atomic E-state index is -0.205. The second-order valence-corrected chi connectivity index (χ2v) is 6.71. The molecule has 0 atom stereocenters. The van der Waals surface area contributed by atoms with Gasteiger partial charge in [0.2, 0.25) is 0 Å². The van der Waals surface area contributed by atoms with E-state index in [1.807, 2.05) is 66.0 Å². The van der Waals surface area contributed by atoms with Crippen molar-refractivity contribution in [3.8, 4) is 11.3 Å². The molecule has 1 aromatic carbocycles. The van der Waals surface area contributed by atoms with Crippen molar-refractivity contribution < 1.29 is 4.42 Å². The average molecular weight is 276 g/mol. The highest BCUT2D eigenvalue weighted by molar-refractivity contribution is 8.19. The lowest BCUT2D eigenvalue weighted by Gasteiger charge is -2.07. The van der Waals surface area contributed by atoms with Crippen LogP contribution in [0.3, 0.4) is 0 Å². The van der Waals surface area contributed by atoms with E-state index in [9.17, 15) is 4.79 Å². The highest BCUT2D eigenvalue weighted by Gasteiger charge is 2.22. The molecular formula is C14H12O2S2. The van der Waals surface area contributed by atoms with E-state index in [1.165, 1.54) is 0 Å². The van der Waals surface area contributed by atoms with Crippen LogP contribution < -0.4 is 5.63 Å². The summed E-state index contributed by atoms with van der Waals surface area (Å²) in [4.78, 5) is 12.0. The van der Waals surface area contributed by atoms with Crippen LogP contribution in [0.15, 0.2) is 51.7 Å². The lowest BCUT2D eigenvalue weighted by molar-refractivity contribution is 0.519. The van der Waals surface area contributed by atoms with Gasteiger partial charge in [-0.15, -0.1) is 23.5 Å². The molecule has 0 N–H and O–H groups in total. The molecule has 1 fully saturated rings. The van der Waals surface area contributed by atoms with E-state index in [2.05, 4.69) is 0 Å². The zero-order valence-electron chi connectivity index (χ0n) is 9.67. The summed E-state index contributed by atoms with van der Waals surface area (Å²) >= 11 is 3.63. The van der Waals surface area contributed by atoms with Gasteiger partial charge in [-0.05, 0) is 12.1 Å². The molecule has 0 amide bonds. The van der Waals surface area contributed by atoms with E-state index in [0.717, 1.165) is 22.6 Å². The van der Waals surface area contributed by atoms with Gasteiger partial charge in [0.15, 0.2) is 0 Å². The standard InChI is InChI=1S/C14H12O2S2/c15-13-11(14-17-8-9-18-14)6-7-12(16-13)10-4-2-1-3-5-10/h1-7,14H,8-9H2. The van der Waals surface area contributed by atoms with Crippen LogP contribution in [0.1, 0.15) is 10.1 Å². The van der Waals surface area contributed by atoms with Crippen LogP contribution in [-0.2, 0) is 0 Å². The Morgan fingerprint density at radius 3 is 2.39 bits per heavy atom. The molecule has 0 bridgehead atoms. The Bertz CT molecular complexity index is 586. The normalized spacial score (nSPS) is 16.0. The molecule has 0 unspecified atom stereocenters. The van der Waals surface area contributed by atoms with Crippen LogP contribution in [0.25, 0.3) is 11.3 Å². The Labute approximate surface area is 114 Å². The molecule has 18 heavy (non-hydrogen) atoms. The monoisotopic (exact) mass is 276 g/mol. The Balaban J connectivity index is 1.96. The second kappa shape index (κ2) is 5.24. The molecule has 2 heterocycles. The number of hydrogen-bond acceptors (Lipinski definition) is 4. The molecule has 0 saturated carbocycles. The van der Waals surface area contributed by atoms with Crippen molar-refractivity contribution in [2.24, 2.45) is 0 Å². The van der Waals surface area contributed by atoms with Gasteiger partial charge in [0.1, 0.15) is 5.76 Å². The maximum atomic E-state index is 12.0. The van der Waals surface area contributed by atoms with Crippen molar-refractivity contribution in [1.29, 1.82) is 0 Å². The predicted molar refractivity (Wildman–Crippen MR) is 78.1 cm³/mol. The van der Waals surface area contributed by atoms with Gasteiger partial charge in [-0.3, -0.25) is 0 Å². The fraction of sp³-hybridized carbons (Fsp3) is 0.214. The minimum Gasteiger partial charge on any atom is -0.422 e. The summed E-state index contributed by atoms with van der Waals surface area (Å²) in [5, 5.41) is 0. The van der Waals surface area contributed by atoms with Crippen LogP contribution >= 0.6 is 23.5 Å². The summed E-state index contributed by atoms with van der Waals surface area (Å²) in [6.45, 7) is 0. The first-order chi connectivity index (χ1) is 8.84. The van der Waals surface area contributed by atoms with Crippen molar-refractivity contribution >= 4 is 23.5 Å². The lowest BCUT2D eigenvalue weighted by Crippen LogP contribution is -2.07. The topological polar surface area (TPSA) is 30.2 Å². The van der Waals surface area contributed by atoms with Crippen LogP contribution in [0.5, 0.6) is 0 Å². The number of hydrogen-bond donors (Lipinski definition) is 0. The van der Waals surface area contributed by atoms with Gasteiger partial charge in [0.05, 0.1) is 10.1 Å². The maximum Gasteiger partial charge on any atom is 0.341 e. The fourth-order valence-electron chi connectivity index (χ4n) is 1.90. The molecule has 1 aromatic heterocycles. The maximum absolute atomic E-state index is 12.0. The van der Waals surface area contributed by atoms with Crippen LogP contribution in [-0.4, -0.2) is 11.5 Å². The first-order valence-electron chi connectivity index (χ1n) is 5.77. The van der Waals surface area contributed by atoms with E-state index < -0.39 is 0 Å². The number of rotatable bonds is 2. The molecular weight excluding hydrogens is 264 g/mol. The zero-order valence-corrected chi connectivity index (χ0v) is 11.3. The van der Waals surface area contributed by atoms with Gasteiger partial charge in [-0.2, -0.15) is 0 Å². The van der Waals surface area contributed by atoms with Gasteiger partial charge < -0.3 is 4.42 Å². The molecule has 92 valence electrons. The number of benzene rings is 1. The third kappa shape index (κ3) is 2.35. The molecule has 2 aromatic rings. The first-order valence-corrected chi connectivity index (χ1v) is 7.87. The SMILES string of the molecule is O=c1oc(-c2ccccc2)ccc1C1SCCS1. The summed E-state index contributed by atoms with van der Waals surface area (Å²) in [5.41, 5.74) is 1.51. The molecule has 4 heteroatoms. The highest BCUT2D eigenvalue weighted by atomic mass is 32.2. The molecule has 0 radical (unpaired) electrons. The van der Waals surface area contributed by atoms with Gasteiger partial charge in [0.25, 0.3) is 0 Å². The Morgan fingerprint density at radius 2 is 1.72 bits per heavy atom. The summed E-state index contributed by atoms with van der Waals surface area (Å²) in [5.74, 6) is 2.85. The molecule has 1 aliphatic rings. The van der Waals surface area contributed by atoms with Gasteiger partial charge in [0, 0.05) is 17.1 Å². The third-order valence-corrected chi connectivity index (χ3v) is 5.85. The quantitative estimate of drug-likeness (QED) is 0.835. The zero-order chi connectivity index (χ0) is 12.4. The van der Waals surface area contributed by atoms with E-state index >= 15 is 0 Å². The minimum absolute atomic E-state index is 0.205. The van der Waals surface area contributed by atoms with Crippen molar-refractivity contribution in [3.05, 3.63) is 58.4 Å². The van der Waals surface area contributed by atoms with Crippen LogP contribution in [0.2, 0.25) is 0 Å². The molecule has 3 rings (SSSR count). The van der Waals surface area contributed by atoms with Crippen molar-refractivity contribution in [2.75, 3.05) is 11.5 Å². The third-order valence-electron chi connectivity index (χ3n) is 2.79. The van der Waals surface area contributed by atoms with Gasteiger partial charge >= 0.3 is 5.63 Å². The fourth-order valence-corrected chi connectivity index (χ4v) is 4.77. The molecule has 0 aliphatic carbocycles. The summed E-state index contributed by atoms with van der Waals surface area (Å²) in [6.07, 6.45) is 0. The number of thioether (sulfide) groups is 2. The molecule has 2 nitrogen and oxygen atoms in total. The summed E-state index contributed by atoms with van der Waals surface area (Å²) in [6, 6.07) is 13.5. The van der Waals surface area contributed by atoms with Crippen molar-refractivity contribution in [2.45, 2.75) is 4.58 Å². The lowest BCUT2D eigenvalue weighted by atomic mass is 10.1. The Kier molecular flexibility index (Phi) is 3.48. The summed E-state index contributed by atoms with van der Waals surface area (Å²) < 4.78 is 5.67. The summed E-state index contributed by atoms with van der Waals surface area (Å²) in [7, 11) is 0. The highest BCUT2D eigenvalue weighted by Crippen LogP contribution is 2.44. The van der Waals surface area contributed by atoms with E-state index in [-0.39, 0.29) is 10.2 Å². The smallest absolute Gasteiger partial charge is 0.341 e. The van der Waals surface area contributed by atoms with Gasteiger partial charge in [-0.1, -0.05) is 30.3 Å². The van der Waals surface area contributed by atoms with E-state index in [0.29, 0.717) is 5.76 Å². The van der Waals surface area contributed by atoms with Gasteiger partial charge in [-0.25, -0.2) is 4.79 Å². The molecule has 1 aliphatic heterocycles. The largest absolute Gasteiger partial charge is 0.422 e. The van der Waals surface area contributed by atoms with E-state index in [4.69, 9.17) is 4.42 Å². The first kappa shape index (κ1) is 11.9. The van der Waals surface area contributed by atoms with E-state index in [1.54, 1.807) is 0 Å². The van der Waals surface area contributed by atoms with Crippen LogP contribution in [0, 0.1) is 0 Å². The Hall–Kier alpha value is -1.13. The predicted octanol–water partition coefficient (Wildman–Crippen LogP) is 3.79. The van der Waals surface area contributed by atoms with Crippen molar-refractivity contribution in [1.82, 2.24) is 0 Å². The van der Waals surface area contributed by atoms with Crippen molar-refractivity contribution in [3.63, 3.8) is 0 Å².